The van der Waals surface area contributed by atoms with E-state index in [0.29, 0.717) is 10.9 Å². The lowest BCUT2D eigenvalue weighted by atomic mass is 10.1. The monoisotopic (exact) mass is 306 g/mol. The van der Waals surface area contributed by atoms with E-state index in [0.717, 1.165) is 12.1 Å². The molecule has 0 radical (unpaired) electrons. The van der Waals surface area contributed by atoms with Gasteiger partial charge in [0.15, 0.2) is 0 Å². The molecule has 1 unspecified atom stereocenters. The summed E-state index contributed by atoms with van der Waals surface area (Å²) in [5.74, 6) is 0. The number of rotatable bonds is 3. The standard InChI is InChI=1S/C11H10BrF3N2/c1-2-8(6-16)17-10-5-7(11(13,14)15)3-4-9(10)12/h3-5,8,17H,2H2,1H3. The lowest BCUT2D eigenvalue weighted by molar-refractivity contribution is -0.137. The van der Waals surface area contributed by atoms with E-state index in [1.54, 1.807) is 6.92 Å². The molecule has 17 heavy (non-hydrogen) atoms. The van der Waals surface area contributed by atoms with Crippen LogP contribution < -0.4 is 5.32 Å². The van der Waals surface area contributed by atoms with Gasteiger partial charge in [-0.25, -0.2) is 0 Å². The molecule has 0 saturated heterocycles. The highest BCUT2D eigenvalue weighted by atomic mass is 79.9. The van der Waals surface area contributed by atoms with E-state index < -0.39 is 17.8 Å². The van der Waals surface area contributed by atoms with Gasteiger partial charge >= 0.3 is 6.18 Å². The summed E-state index contributed by atoms with van der Waals surface area (Å²) in [6.45, 7) is 1.78. The van der Waals surface area contributed by atoms with Crippen molar-refractivity contribution in [2.45, 2.75) is 25.6 Å². The first-order chi connectivity index (χ1) is 7.88. The van der Waals surface area contributed by atoms with E-state index in [4.69, 9.17) is 5.26 Å². The van der Waals surface area contributed by atoms with Crippen LogP contribution in [0.15, 0.2) is 22.7 Å². The Morgan fingerprint density at radius 1 is 1.47 bits per heavy atom. The van der Waals surface area contributed by atoms with E-state index in [1.807, 2.05) is 6.07 Å². The predicted octanol–water partition coefficient (Wildman–Crippen LogP) is 4.18. The van der Waals surface area contributed by atoms with E-state index in [2.05, 4.69) is 21.2 Å². The van der Waals surface area contributed by atoms with Crippen LogP contribution in [0.5, 0.6) is 0 Å². The van der Waals surface area contributed by atoms with Gasteiger partial charge in [0.05, 0.1) is 17.3 Å². The normalized spacial score (nSPS) is 12.9. The molecule has 92 valence electrons. The van der Waals surface area contributed by atoms with E-state index >= 15 is 0 Å². The van der Waals surface area contributed by atoms with Crippen molar-refractivity contribution in [2.24, 2.45) is 0 Å². The van der Waals surface area contributed by atoms with Gasteiger partial charge in [-0.05, 0) is 40.5 Å². The summed E-state index contributed by atoms with van der Waals surface area (Å²) in [7, 11) is 0. The Bertz CT molecular complexity index is 437. The van der Waals surface area contributed by atoms with Crippen molar-refractivity contribution in [3.05, 3.63) is 28.2 Å². The fraction of sp³-hybridized carbons (Fsp3) is 0.364. The smallest absolute Gasteiger partial charge is 0.369 e. The first-order valence-electron chi connectivity index (χ1n) is 4.91. The van der Waals surface area contributed by atoms with Gasteiger partial charge in [0.25, 0.3) is 0 Å². The minimum Gasteiger partial charge on any atom is -0.369 e. The molecule has 0 saturated carbocycles. The molecule has 0 aliphatic heterocycles. The molecule has 0 amide bonds. The number of hydrogen-bond donors (Lipinski definition) is 1. The molecule has 2 nitrogen and oxygen atoms in total. The van der Waals surface area contributed by atoms with Crippen LogP contribution in [0.4, 0.5) is 18.9 Å². The van der Waals surface area contributed by atoms with Crippen molar-refractivity contribution in [2.75, 3.05) is 5.32 Å². The molecular formula is C11H10BrF3N2. The molecule has 1 aromatic rings. The van der Waals surface area contributed by atoms with Crippen LogP contribution in [0.25, 0.3) is 0 Å². The summed E-state index contributed by atoms with van der Waals surface area (Å²) in [6, 6.07) is 4.76. The van der Waals surface area contributed by atoms with E-state index in [1.165, 1.54) is 6.07 Å². The van der Waals surface area contributed by atoms with Crippen molar-refractivity contribution < 1.29 is 13.2 Å². The molecule has 1 N–H and O–H groups in total. The predicted molar refractivity (Wildman–Crippen MR) is 62.5 cm³/mol. The lowest BCUT2D eigenvalue weighted by Crippen LogP contribution is -2.16. The van der Waals surface area contributed by atoms with Crippen molar-refractivity contribution in [3.8, 4) is 6.07 Å². The number of nitriles is 1. The van der Waals surface area contributed by atoms with E-state index in [9.17, 15) is 13.2 Å². The molecule has 0 aliphatic rings. The van der Waals surface area contributed by atoms with Crippen molar-refractivity contribution in [1.82, 2.24) is 0 Å². The number of nitrogens with one attached hydrogen (secondary N) is 1. The molecule has 1 atom stereocenters. The summed E-state index contributed by atoms with van der Waals surface area (Å²) in [5.41, 5.74) is -0.468. The van der Waals surface area contributed by atoms with Crippen molar-refractivity contribution >= 4 is 21.6 Å². The zero-order valence-electron chi connectivity index (χ0n) is 8.98. The van der Waals surface area contributed by atoms with Crippen LogP contribution in [0.1, 0.15) is 18.9 Å². The number of alkyl halides is 3. The third-order valence-corrected chi connectivity index (χ3v) is 2.88. The Labute approximate surface area is 106 Å². The first-order valence-corrected chi connectivity index (χ1v) is 5.70. The topological polar surface area (TPSA) is 35.8 Å². The van der Waals surface area contributed by atoms with Gasteiger partial charge in [-0.2, -0.15) is 18.4 Å². The Morgan fingerprint density at radius 3 is 2.59 bits per heavy atom. The van der Waals surface area contributed by atoms with Crippen LogP contribution in [-0.4, -0.2) is 6.04 Å². The van der Waals surface area contributed by atoms with Gasteiger partial charge in [0, 0.05) is 4.47 Å². The van der Waals surface area contributed by atoms with Gasteiger partial charge < -0.3 is 5.32 Å². The van der Waals surface area contributed by atoms with Gasteiger partial charge in [-0.15, -0.1) is 0 Å². The Balaban J connectivity index is 3.04. The number of anilines is 1. The largest absolute Gasteiger partial charge is 0.416 e. The quantitative estimate of drug-likeness (QED) is 0.909. The molecule has 0 spiro atoms. The van der Waals surface area contributed by atoms with Crippen LogP contribution in [-0.2, 0) is 6.18 Å². The highest BCUT2D eigenvalue weighted by molar-refractivity contribution is 9.10. The van der Waals surface area contributed by atoms with Crippen LogP contribution >= 0.6 is 15.9 Å². The SMILES string of the molecule is CCC(C#N)Nc1cc(C(F)(F)F)ccc1Br. The second-order valence-corrected chi connectivity index (χ2v) is 4.28. The summed E-state index contributed by atoms with van der Waals surface area (Å²) in [6.07, 6.45) is -3.87. The highest BCUT2D eigenvalue weighted by Crippen LogP contribution is 2.34. The average molecular weight is 307 g/mol. The highest BCUT2D eigenvalue weighted by Gasteiger charge is 2.31. The number of halogens is 4. The molecule has 6 heteroatoms. The van der Waals surface area contributed by atoms with Crippen LogP contribution in [0.2, 0.25) is 0 Å². The van der Waals surface area contributed by atoms with E-state index in [-0.39, 0.29) is 5.69 Å². The average Bonchev–Trinajstić information content (AvgIpc) is 2.26. The lowest BCUT2D eigenvalue weighted by Gasteiger charge is -2.15. The maximum Gasteiger partial charge on any atom is 0.416 e. The Kier molecular flexibility index (Phi) is 4.40. The maximum atomic E-state index is 12.5. The van der Waals surface area contributed by atoms with Crippen molar-refractivity contribution in [3.63, 3.8) is 0 Å². The third kappa shape index (κ3) is 3.63. The zero-order valence-corrected chi connectivity index (χ0v) is 10.6. The van der Waals surface area contributed by atoms with Crippen molar-refractivity contribution in [1.29, 1.82) is 5.26 Å². The molecule has 0 aliphatic carbocycles. The Morgan fingerprint density at radius 2 is 2.12 bits per heavy atom. The third-order valence-electron chi connectivity index (χ3n) is 2.19. The molecule has 0 heterocycles. The number of hydrogen-bond acceptors (Lipinski definition) is 2. The summed E-state index contributed by atoms with van der Waals surface area (Å²) in [5, 5.41) is 11.5. The summed E-state index contributed by atoms with van der Waals surface area (Å²) >= 11 is 3.14. The van der Waals surface area contributed by atoms with Crippen LogP contribution in [0, 0.1) is 11.3 Å². The van der Waals surface area contributed by atoms with Gasteiger partial charge in [0.1, 0.15) is 6.04 Å². The molecule has 1 rings (SSSR count). The molecular weight excluding hydrogens is 297 g/mol. The Hall–Kier alpha value is -1.22. The van der Waals surface area contributed by atoms with Gasteiger partial charge in [0.2, 0.25) is 0 Å². The summed E-state index contributed by atoms with van der Waals surface area (Å²) < 4.78 is 38.0. The fourth-order valence-electron chi connectivity index (χ4n) is 1.23. The van der Waals surface area contributed by atoms with Crippen LogP contribution in [0.3, 0.4) is 0 Å². The minimum atomic E-state index is -4.38. The molecule has 0 aromatic heterocycles. The molecule has 0 fully saturated rings. The summed E-state index contributed by atoms with van der Waals surface area (Å²) in [4.78, 5) is 0. The fourth-order valence-corrected chi connectivity index (χ4v) is 1.59. The second-order valence-electron chi connectivity index (χ2n) is 3.43. The zero-order chi connectivity index (χ0) is 13.1. The molecule has 1 aromatic carbocycles. The second kappa shape index (κ2) is 5.41. The molecule has 0 bridgehead atoms. The van der Waals surface area contributed by atoms with Gasteiger partial charge in [-0.1, -0.05) is 6.92 Å². The first kappa shape index (κ1) is 13.8. The maximum absolute atomic E-state index is 12.5. The van der Waals surface area contributed by atoms with Gasteiger partial charge in [-0.3, -0.25) is 0 Å². The number of nitrogens with zero attached hydrogens (tertiary/aromatic N) is 1. The number of benzene rings is 1. The minimum absolute atomic E-state index is 0.272.